The van der Waals surface area contributed by atoms with Crippen LogP contribution in [0.4, 0.5) is 5.69 Å². The van der Waals surface area contributed by atoms with Crippen molar-refractivity contribution in [3.63, 3.8) is 0 Å². The number of nitrogens with zero attached hydrogens (tertiary/aromatic N) is 2. The predicted octanol–water partition coefficient (Wildman–Crippen LogP) is 3.69. The number of nitrogens with one attached hydrogen (secondary N) is 2. The lowest BCUT2D eigenvalue weighted by Crippen LogP contribution is -2.30. The zero-order chi connectivity index (χ0) is 19.1. The van der Waals surface area contributed by atoms with Crippen molar-refractivity contribution in [3.8, 4) is 17.4 Å². The number of benzene rings is 1. The van der Waals surface area contributed by atoms with E-state index < -0.39 is 0 Å². The lowest BCUT2D eigenvalue weighted by atomic mass is 10.2. The van der Waals surface area contributed by atoms with Crippen molar-refractivity contribution in [1.82, 2.24) is 10.3 Å². The van der Waals surface area contributed by atoms with Gasteiger partial charge in [0.15, 0.2) is 17.5 Å². The van der Waals surface area contributed by atoms with Crippen LogP contribution < -0.4 is 24.8 Å². The maximum Gasteiger partial charge on any atom is 0.213 e. The number of hydrogen-bond acceptors (Lipinski definition) is 5. The molecule has 2 N–H and O–H groups in total. The van der Waals surface area contributed by atoms with E-state index >= 15 is 0 Å². The fourth-order valence-corrected chi connectivity index (χ4v) is 2.50. The quantitative estimate of drug-likeness (QED) is 0.329. The fourth-order valence-electron chi connectivity index (χ4n) is 2.50. The minimum Gasteiger partial charge on any atom is -0.493 e. The highest BCUT2D eigenvalue weighted by atomic mass is 127. The van der Waals surface area contributed by atoms with Gasteiger partial charge in [-0.2, -0.15) is 0 Å². The van der Waals surface area contributed by atoms with Gasteiger partial charge in [0.1, 0.15) is 0 Å². The minimum absolute atomic E-state index is 0. The van der Waals surface area contributed by atoms with E-state index in [-0.39, 0.29) is 24.0 Å². The third-order valence-corrected chi connectivity index (χ3v) is 4.29. The molecule has 0 spiro atoms. The van der Waals surface area contributed by atoms with Crippen LogP contribution in [0, 0.1) is 5.92 Å². The van der Waals surface area contributed by atoms with Crippen molar-refractivity contribution in [3.05, 3.63) is 42.1 Å². The fraction of sp³-hybridized carbons (Fsp3) is 0.400. The summed E-state index contributed by atoms with van der Waals surface area (Å²) in [4.78, 5) is 8.60. The Balaban J connectivity index is 0.00000280. The Morgan fingerprint density at radius 2 is 1.93 bits per heavy atom. The monoisotopic (exact) mass is 498 g/mol. The van der Waals surface area contributed by atoms with Crippen molar-refractivity contribution in [2.24, 2.45) is 10.9 Å². The number of halogens is 1. The van der Waals surface area contributed by atoms with Crippen LogP contribution in [-0.2, 0) is 6.54 Å². The SMILES string of the molecule is CN=C(NCc1ccc(OCC2CC2)nc1)Nc1ccc(OC)c(OC)c1.I. The van der Waals surface area contributed by atoms with Crippen LogP contribution in [0.3, 0.4) is 0 Å². The number of guanidine groups is 1. The molecular formula is C20H27IN4O3. The van der Waals surface area contributed by atoms with E-state index in [9.17, 15) is 0 Å². The second-order valence-corrected chi connectivity index (χ2v) is 6.38. The van der Waals surface area contributed by atoms with Gasteiger partial charge < -0.3 is 24.8 Å². The zero-order valence-corrected chi connectivity index (χ0v) is 18.7. The average molecular weight is 498 g/mol. The zero-order valence-electron chi connectivity index (χ0n) is 16.4. The third kappa shape index (κ3) is 6.43. The van der Waals surface area contributed by atoms with Crippen LogP contribution >= 0.6 is 24.0 Å². The van der Waals surface area contributed by atoms with Crippen LogP contribution in [0.15, 0.2) is 41.5 Å². The Morgan fingerprint density at radius 1 is 1.14 bits per heavy atom. The van der Waals surface area contributed by atoms with Crippen molar-refractivity contribution in [2.75, 3.05) is 33.2 Å². The summed E-state index contributed by atoms with van der Waals surface area (Å²) >= 11 is 0. The van der Waals surface area contributed by atoms with Gasteiger partial charge in [-0.3, -0.25) is 4.99 Å². The van der Waals surface area contributed by atoms with E-state index in [1.165, 1.54) is 12.8 Å². The molecule has 8 heteroatoms. The Kier molecular flexibility index (Phi) is 8.62. The average Bonchev–Trinajstić information content (AvgIpc) is 3.54. The van der Waals surface area contributed by atoms with Gasteiger partial charge in [-0.25, -0.2) is 4.98 Å². The van der Waals surface area contributed by atoms with E-state index in [0.29, 0.717) is 29.9 Å². The highest BCUT2D eigenvalue weighted by Crippen LogP contribution is 2.30. The van der Waals surface area contributed by atoms with Gasteiger partial charge in [-0.1, -0.05) is 6.07 Å². The molecule has 2 aromatic rings. The molecule has 0 aliphatic heterocycles. The molecule has 152 valence electrons. The molecule has 0 unspecified atom stereocenters. The first kappa shape index (κ1) is 22.1. The minimum atomic E-state index is 0. The van der Waals surface area contributed by atoms with Gasteiger partial charge in [0, 0.05) is 37.6 Å². The van der Waals surface area contributed by atoms with E-state index in [0.717, 1.165) is 23.8 Å². The smallest absolute Gasteiger partial charge is 0.213 e. The summed E-state index contributed by atoms with van der Waals surface area (Å²) in [5.74, 6) is 3.39. The van der Waals surface area contributed by atoms with Crippen molar-refractivity contribution < 1.29 is 14.2 Å². The second-order valence-electron chi connectivity index (χ2n) is 6.38. The molecule has 3 rings (SSSR count). The normalized spacial score (nSPS) is 13.3. The molecule has 1 aliphatic rings. The number of pyridine rings is 1. The van der Waals surface area contributed by atoms with Gasteiger partial charge in [0.2, 0.25) is 5.88 Å². The first-order valence-corrected chi connectivity index (χ1v) is 8.99. The molecule has 1 aromatic heterocycles. The largest absolute Gasteiger partial charge is 0.493 e. The first-order chi connectivity index (χ1) is 13.2. The highest BCUT2D eigenvalue weighted by molar-refractivity contribution is 14.0. The molecule has 1 heterocycles. The lowest BCUT2D eigenvalue weighted by Gasteiger charge is -2.14. The number of hydrogen-bond donors (Lipinski definition) is 2. The molecule has 0 saturated heterocycles. The summed E-state index contributed by atoms with van der Waals surface area (Å²) in [6, 6.07) is 9.52. The summed E-state index contributed by atoms with van der Waals surface area (Å²) in [6.07, 6.45) is 4.36. The van der Waals surface area contributed by atoms with Gasteiger partial charge in [0.25, 0.3) is 0 Å². The number of ether oxygens (including phenoxy) is 3. The van der Waals surface area contributed by atoms with Crippen LogP contribution in [0.1, 0.15) is 18.4 Å². The molecule has 1 aromatic carbocycles. The highest BCUT2D eigenvalue weighted by Gasteiger charge is 2.22. The van der Waals surface area contributed by atoms with Crippen molar-refractivity contribution in [2.45, 2.75) is 19.4 Å². The molecule has 0 radical (unpaired) electrons. The third-order valence-electron chi connectivity index (χ3n) is 4.29. The number of aromatic nitrogens is 1. The molecule has 0 bridgehead atoms. The summed E-state index contributed by atoms with van der Waals surface area (Å²) in [5, 5.41) is 6.50. The van der Waals surface area contributed by atoms with Crippen LogP contribution in [-0.4, -0.2) is 38.8 Å². The lowest BCUT2D eigenvalue weighted by molar-refractivity contribution is 0.288. The standard InChI is InChI=1S/C20H26N4O3.HI/c1-21-20(24-16-7-8-17(25-2)18(10-16)26-3)23-12-15-6-9-19(22-11-15)27-13-14-4-5-14;/h6-11,14H,4-5,12-13H2,1-3H3,(H2,21,23,24);1H. The van der Waals surface area contributed by atoms with E-state index in [2.05, 4.69) is 20.6 Å². The number of methoxy groups -OCH3 is 2. The van der Waals surface area contributed by atoms with Crippen LogP contribution in [0.5, 0.6) is 17.4 Å². The van der Waals surface area contributed by atoms with Crippen LogP contribution in [0.2, 0.25) is 0 Å². The molecule has 1 aliphatic carbocycles. The molecule has 0 amide bonds. The van der Waals surface area contributed by atoms with Gasteiger partial charge >= 0.3 is 0 Å². The van der Waals surface area contributed by atoms with Gasteiger partial charge in [0.05, 0.1) is 20.8 Å². The molecular weight excluding hydrogens is 471 g/mol. The first-order valence-electron chi connectivity index (χ1n) is 8.99. The van der Waals surface area contributed by atoms with Gasteiger partial charge in [-0.05, 0) is 36.5 Å². The van der Waals surface area contributed by atoms with Crippen molar-refractivity contribution in [1.29, 1.82) is 0 Å². The molecule has 1 fully saturated rings. The molecule has 0 atom stereocenters. The molecule has 1 saturated carbocycles. The Morgan fingerprint density at radius 3 is 2.54 bits per heavy atom. The molecule has 28 heavy (non-hydrogen) atoms. The summed E-state index contributed by atoms with van der Waals surface area (Å²) in [5.41, 5.74) is 1.90. The Labute approximate surface area is 182 Å². The van der Waals surface area contributed by atoms with E-state index in [1.54, 1.807) is 21.3 Å². The Bertz CT molecular complexity index is 780. The van der Waals surface area contributed by atoms with Gasteiger partial charge in [-0.15, -0.1) is 24.0 Å². The van der Waals surface area contributed by atoms with E-state index in [1.807, 2.05) is 36.5 Å². The summed E-state index contributed by atoms with van der Waals surface area (Å²) < 4.78 is 16.2. The van der Waals surface area contributed by atoms with E-state index in [4.69, 9.17) is 14.2 Å². The topological polar surface area (TPSA) is 77.0 Å². The predicted molar refractivity (Wildman–Crippen MR) is 121 cm³/mol. The summed E-state index contributed by atoms with van der Waals surface area (Å²) in [7, 11) is 4.95. The second kappa shape index (κ2) is 10.9. The number of anilines is 1. The van der Waals surface area contributed by atoms with Crippen molar-refractivity contribution >= 4 is 35.6 Å². The maximum atomic E-state index is 5.66. The Hall–Kier alpha value is -2.23. The van der Waals surface area contributed by atoms with Crippen LogP contribution in [0.25, 0.3) is 0 Å². The maximum absolute atomic E-state index is 5.66. The molecule has 7 nitrogen and oxygen atoms in total. The summed E-state index contributed by atoms with van der Waals surface area (Å²) in [6.45, 7) is 1.37. The number of rotatable bonds is 8. The number of aliphatic imine (C=N–C) groups is 1.